The number of benzene rings is 1. The molecule has 18 heavy (non-hydrogen) atoms. The van der Waals surface area contributed by atoms with Crippen LogP contribution in [0.3, 0.4) is 0 Å². The molecule has 3 nitrogen and oxygen atoms in total. The summed E-state index contributed by atoms with van der Waals surface area (Å²) in [5, 5.41) is 9.62. The lowest BCUT2D eigenvalue weighted by Gasteiger charge is -2.14. The maximum atomic E-state index is 13.2. The fraction of sp³-hybridized carbons (Fsp3) is 0.308. The van der Waals surface area contributed by atoms with Crippen molar-refractivity contribution in [2.24, 2.45) is 0 Å². The third-order valence-electron chi connectivity index (χ3n) is 2.87. The molecule has 1 amide bonds. The first-order chi connectivity index (χ1) is 8.54. The molecule has 0 saturated heterocycles. The second kappa shape index (κ2) is 5.04. The average molecular weight is 267 g/mol. The number of carbonyl (C=O) groups excluding carboxylic acids is 1. The number of nitrogens with zero attached hydrogens (tertiary/aromatic N) is 1. The van der Waals surface area contributed by atoms with Gasteiger partial charge in [-0.15, -0.1) is 11.3 Å². The standard InChI is InChI=1S/C13H14FNO2S/c1-8-10-7-9(14)3-4-11(10)18-12(8)13(17)15(2)5-6-16/h3-4,7,16H,5-6H2,1-2H3. The molecule has 1 heterocycles. The zero-order valence-corrected chi connectivity index (χ0v) is 11.1. The molecule has 0 fully saturated rings. The minimum Gasteiger partial charge on any atom is -0.395 e. The SMILES string of the molecule is Cc1c(C(=O)N(C)CCO)sc2ccc(F)cc12. The Bertz CT molecular complexity index is 594. The van der Waals surface area contributed by atoms with E-state index in [1.165, 1.54) is 28.4 Å². The summed E-state index contributed by atoms with van der Waals surface area (Å²) in [5.74, 6) is -0.436. The van der Waals surface area contributed by atoms with E-state index in [4.69, 9.17) is 5.11 Å². The van der Waals surface area contributed by atoms with Crippen molar-refractivity contribution in [3.05, 3.63) is 34.5 Å². The molecule has 0 radical (unpaired) electrons. The zero-order chi connectivity index (χ0) is 13.3. The smallest absolute Gasteiger partial charge is 0.264 e. The highest BCUT2D eigenvalue weighted by Crippen LogP contribution is 2.31. The summed E-state index contributed by atoms with van der Waals surface area (Å²) in [7, 11) is 1.64. The molecule has 0 aliphatic rings. The fourth-order valence-corrected chi connectivity index (χ4v) is 3.01. The number of rotatable bonds is 3. The van der Waals surface area contributed by atoms with Crippen LogP contribution in [0.25, 0.3) is 10.1 Å². The quantitative estimate of drug-likeness (QED) is 0.927. The molecule has 0 aliphatic carbocycles. The van der Waals surface area contributed by atoms with Gasteiger partial charge in [-0.25, -0.2) is 4.39 Å². The monoisotopic (exact) mass is 267 g/mol. The Morgan fingerprint density at radius 1 is 1.50 bits per heavy atom. The number of carbonyl (C=O) groups is 1. The molecule has 96 valence electrons. The van der Waals surface area contributed by atoms with Gasteiger partial charge in [0, 0.05) is 18.3 Å². The van der Waals surface area contributed by atoms with E-state index in [9.17, 15) is 9.18 Å². The van der Waals surface area contributed by atoms with E-state index in [0.717, 1.165) is 15.6 Å². The lowest BCUT2D eigenvalue weighted by molar-refractivity contribution is 0.0771. The molecular formula is C13H14FNO2S. The summed E-state index contributed by atoms with van der Waals surface area (Å²) in [4.78, 5) is 14.2. The van der Waals surface area contributed by atoms with Gasteiger partial charge in [-0.3, -0.25) is 4.79 Å². The molecule has 0 atom stereocenters. The number of amides is 1. The lowest BCUT2D eigenvalue weighted by atomic mass is 10.1. The first-order valence-electron chi connectivity index (χ1n) is 5.59. The zero-order valence-electron chi connectivity index (χ0n) is 10.2. The number of halogens is 1. The Balaban J connectivity index is 2.46. The number of aliphatic hydroxyl groups is 1. The van der Waals surface area contributed by atoms with E-state index >= 15 is 0 Å². The third-order valence-corrected chi connectivity index (χ3v) is 4.14. The topological polar surface area (TPSA) is 40.5 Å². The van der Waals surface area contributed by atoms with Crippen LogP contribution in [0, 0.1) is 12.7 Å². The maximum Gasteiger partial charge on any atom is 0.264 e. The molecule has 0 unspecified atom stereocenters. The summed E-state index contributed by atoms with van der Waals surface area (Å²) in [6.45, 7) is 2.04. The van der Waals surface area contributed by atoms with Crippen LogP contribution in [-0.2, 0) is 0 Å². The second-order valence-corrected chi connectivity index (χ2v) is 5.20. The number of aliphatic hydroxyl groups excluding tert-OH is 1. The minimum atomic E-state index is -0.300. The van der Waals surface area contributed by atoms with E-state index in [1.807, 2.05) is 6.92 Å². The van der Waals surface area contributed by atoms with Gasteiger partial charge >= 0.3 is 0 Å². The summed E-state index contributed by atoms with van der Waals surface area (Å²) in [6.07, 6.45) is 0. The molecule has 1 aromatic heterocycles. The van der Waals surface area contributed by atoms with Gasteiger partial charge in [-0.05, 0) is 36.1 Å². The Labute approximate surface area is 108 Å². The first kappa shape index (κ1) is 13.0. The fourth-order valence-electron chi connectivity index (χ4n) is 1.82. The molecule has 0 spiro atoms. The highest BCUT2D eigenvalue weighted by atomic mass is 32.1. The van der Waals surface area contributed by atoms with E-state index in [-0.39, 0.29) is 18.3 Å². The lowest BCUT2D eigenvalue weighted by Crippen LogP contribution is -2.29. The van der Waals surface area contributed by atoms with Crippen LogP contribution in [0.2, 0.25) is 0 Å². The number of likely N-dealkylation sites (N-methyl/N-ethyl adjacent to an activating group) is 1. The van der Waals surface area contributed by atoms with Crippen LogP contribution in [0.1, 0.15) is 15.2 Å². The molecule has 1 aromatic carbocycles. The van der Waals surface area contributed by atoms with Crippen LogP contribution in [0.4, 0.5) is 4.39 Å². The second-order valence-electron chi connectivity index (χ2n) is 4.15. The molecule has 0 aliphatic heterocycles. The van der Waals surface area contributed by atoms with Crippen molar-refractivity contribution in [1.82, 2.24) is 4.90 Å². The normalized spacial score (nSPS) is 10.9. The molecule has 1 N–H and O–H groups in total. The Hall–Kier alpha value is -1.46. The van der Waals surface area contributed by atoms with Crippen LogP contribution < -0.4 is 0 Å². The molecule has 5 heteroatoms. The predicted octanol–water partition coefficient (Wildman–Crippen LogP) is 2.41. The van der Waals surface area contributed by atoms with E-state index in [0.29, 0.717) is 11.4 Å². The van der Waals surface area contributed by atoms with Gasteiger partial charge < -0.3 is 10.0 Å². The minimum absolute atomic E-state index is 0.0686. The van der Waals surface area contributed by atoms with Gasteiger partial charge in [0.2, 0.25) is 0 Å². The number of thiophene rings is 1. The molecular weight excluding hydrogens is 253 g/mol. The summed E-state index contributed by atoms with van der Waals surface area (Å²) >= 11 is 1.36. The Kier molecular flexibility index (Phi) is 3.63. The molecule has 2 aromatic rings. The van der Waals surface area contributed by atoms with Crippen molar-refractivity contribution in [3.63, 3.8) is 0 Å². The molecule has 0 saturated carbocycles. The van der Waals surface area contributed by atoms with Crippen LogP contribution in [-0.4, -0.2) is 36.1 Å². The molecule has 0 bridgehead atoms. The first-order valence-corrected chi connectivity index (χ1v) is 6.41. The Morgan fingerprint density at radius 3 is 2.89 bits per heavy atom. The number of hydrogen-bond acceptors (Lipinski definition) is 3. The van der Waals surface area contributed by atoms with Crippen LogP contribution >= 0.6 is 11.3 Å². The molecule has 2 rings (SSSR count). The van der Waals surface area contributed by atoms with Gasteiger partial charge in [-0.2, -0.15) is 0 Å². The van der Waals surface area contributed by atoms with E-state index < -0.39 is 0 Å². The summed E-state index contributed by atoms with van der Waals surface area (Å²) in [6, 6.07) is 4.53. The van der Waals surface area contributed by atoms with Crippen molar-refractivity contribution in [2.75, 3.05) is 20.2 Å². The number of aryl methyl sites for hydroxylation is 1. The summed E-state index contributed by atoms with van der Waals surface area (Å²) in [5.41, 5.74) is 0.796. The highest BCUT2D eigenvalue weighted by molar-refractivity contribution is 7.21. The van der Waals surface area contributed by atoms with Crippen LogP contribution in [0.5, 0.6) is 0 Å². The number of fused-ring (bicyclic) bond motifs is 1. The third kappa shape index (κ3) is 2.23. The van der Waals surface area contributed by atoms with Gasteiger partial charge in [0.15, 0.2) is 0 Å². The van der Waals surface area contributed by atoms with Crippen molar-refractivity contribution in [1.29, 1.82) is 0 Å². The van der Waals surface area contributed by atoms with Gasteiger partial charge in [0.25, 0.3) is 5.91 Å². The largest absolute Gasteiger partial charge is 0.395 e. The van der Waals surface area contributed by atoms with Gasteiger partial charge in [0.05, 0.1) is 11.5 Å². The van der Waals surface area contributed by atoms with E-state index in [2.05, 4.69) is 0 Å². The van der Waals surface area contributed by atoms with Crippen LogP contribution in [0.15, 0.2) is 18.2 Å². The predicted molar refractivity (Wildman–Crippen MR) is 70.6 cm³/mol. The van der Waals surface area contributed by atoms with Gasteiger partial charge in [-0.1, -0.05) is 0 Å². The average Bonchev–Trinajstić information content (AvgIpc) is 2.66. The van der Waals surface area contributed by atoms with Crippen molar-refractivity contribution >= 4 is 27.3 Å². The highest BCUT2D eigenvalue weighted by Gasteiger charge is 2.18. The maximum absolute atomic E-state index is 13.2. The summed E-state index contributed by atoms with van der Waals surface area (Å²) < 4.78 is 14.1. The van der Waals surface area contributed by atoms with Crippen molar-refractivity contribution in [2.45, 2.75) is 6.92 Å². The van der Waals surface area contributed by atoms with Gasteiger partial charge in [0.1, 0.15) is 5.82 Å². The van der Waals surface area contributed by atoms with E-state index in [1.54, 1.807) is 13.1 Å². The Morgan fingerprint density at radius 2 is 2.22 bits per heavy atom. The number of hydrogen-bond donors (Lipinski definition) is 1. The van der Waals surface area contributed by atoms with Crippen molar-refractivity contribution in [3.8, 4) is 0 Å². The van der Waals surface area contributed by atoms with Crippen molar-refractivity contribution < 1.29 is 14.3 Å².